The second kappa shape index (κ2) is 15.3. The van der Waals surface area contributed by atoms with Crippen LogP contribution < -0.4 is 9.44 Å². The van der Waals surface area contributed by atoms with Gasteiger partial charge in [-0.1, -0.05) is 23.2 Å². The van der Waals surface area contributed by atoms with Crippen LogP contribution in [0, 0.1) is 0 Å². The van der Waals surface area contributed by atoms with E-state index in [1.54, 1.807) is 64.4 Å². The summed E-state index contributed by atoms with van der Waals surface area (Å²) >= 11 is 14.4. The first-order valence-corrected chi connectivity index (χ1v) is 17.7. The van der Waals surface area contributed by atoms with Gasteiger partial charge in [0, 0.05) is 22.6 Å². The summed E-state index contributed by atoms with van der Waals surface area (Å²) in [5.74, 6) is 0. The molecule has 2 aromatic heterocycles. The lowest BCUT2D eigenvalue weighted by Gasteiger charge is -2.35. The molecule has 2 rings (SSSR count). The van der Waals surface area contributed by atoms with E-state index in [1.165, 1.54) is 13.8 Å². The van der Waals surface area contributed by atoms with Gasteiger partial charge in [0.25, 0.3) is 0 Å². The molecule has 0 saturated carbocycles. The highest BCUT2D eigenvalue weighted by molar-refractivity contribution is 7.84. The Labute approximate surface area is 277 Å². The van der Waals surface area contributed by atoms with Gasteiger partial charge in [-0.15, -0.1) is 22.7 Å². The predicted molar refractivity (Wildman–Crippen MR) is 169 cm³/mol. The number of aliphatic hydroxyl groups is 2. The van der Waals surface area contributed by atoms with Crippen molar-refractivity contribution in [3.8, 4) is 0 Å². The van der Waals surface area contributed by atoms with Crippen molar-refractivity contribution in [3.63, 3.8) is 0 Å². The van der Waals surface area contributed by atoms with E-state index in [0.717, 1.165) is 22.7 Å². The van der Waals surface area contributed by atoms with Crippen molar-refractivity contribution in [1.29, 1.82) is 0 Å². The topological polar surface area (TPSA) is 98.7 Å². The van der Waals surface area contributed by atoms with Gasteiger partial charge in [0.2, 0.25) is 0 Å². The zero-order valence-corrected chi connectivity index (χ0v) is 30.0. The quantitative estimate of drug-likeness (QED) is 0.185. The van der Waals surface area contributed by atoms with Crippen LogP contribution in [0.15, 0.2) is 22.9 Å². The highest BCUT2D eigenvalue weighted by atomic mass is 35.5. The largest absolute Gasteiger partial charge is 0.414 e. The predicted octanol–water partition coefficient (Wildman–Crippen LogP) is 7.96. The van der Waals surface area contributed by atoms with Crippen LogP contribution in [0.25, 0.3) is 0 Å². The van der Waals surface area contributed by atoms with E-state index in [9.17, 15) is 45.0 Å². The van der Waals surface area contributed by atoms with Crippen molar-refractivity contribution < 1.29 is 45.0 Å². The Balaban J connectivity index is 0.000000440. The molecule has 0 bridgehead atoms. The van der Waals surface area contributed by atoms with Crippen LogP contribution >= 0.6 is 45.9 Å². The van der Waals surface area contributed by atoms with E-state index in [-0.39, 0.29) is 10.0 Å². The number of hydrogen-bond acceptors (Lipinski definition) is 6. The molecule has 0 aliphatic rings. The summed E-state index contributed by atoms with van der Waals surface area (Å²) in [6, 6.07) is 3.11. The minimum Gasteiger partial charge on any atom is -0.384 e. The molecule has 6 atom stereocenters. The van der Waals surface area contributed by atoms with Crippen LogP contribution in [0.1, 0.15) is 78.0 Å². The average Bonchev–Trinajstić information content (AvgIpc) is 3.45. The van der Waals surface area contributed by atoms with Crippen molar-refractivity contribution in [1.82, 2.24) is 9.44 Å². The van der Waals surface area contributed by atoms with Gasteiger partial charge in [-0.25, -0.2) is 17.9 Å². The van der Waals surface area contributed by atoms with Gasteiger partial charge < -0.3 is 10.2 Å². The fourth-order valence-corrected chi connectivity index (χ4v) is 8.18. The zero-order chi connectivity index (χ0) is 34.7. The number of halogens is 8. The third kappa shape index (κ3) is 12.1. The number of aliphatic hydroxyl groups excluding tert-OH is 2. The third-order valence-electron chi connectivity index (χ3n) is 5.94. The molecule has 2 aromatic rings. The number of thiophene rings is 2. The Morgan fingerprint density at radius 2 is 0.955 bits per heavy atom. The Morgan fingerprint density at radius 3 is 1.14 bits per heavy atom. The van der Waals surface area contributed by atoms with Crippen LogP contribution in [-0.4, -0.2) is 52.7 Å². The first kappa shape index (κ1) is 41.7. The summed E-state index contributed by atoms with van der Waals surface area (Å²) < 4.78 is 105. The smallest absolute Gasteiger partial charge is 0.384 e. The fraction of sp³-hybridized carbons (Fsp3) is 0.692. The molecule has 0 amide bonds. The molecule has 0 aliphatic heterocycles. The van der Waals surface area contributed by atoms with Crippen molar-refractivity contribution in [2.24, 2.45) is 0 Å². The SMILES string of the molecule is CC(C)(C)[S@@](=O)N[C@@](C)(C[C@@H](O)C(F)(F)F)c1sccc1Cl.CC(C)(C)[S@@](=O)N[C@@](C)(C[C@H](O)C(F)(F)F)c1sccc1Cl. The molecule has 0 fully saturated rings. The summed E-state index contributed by atoms with van der Waals surface area (Å²) in [7, 11) is -3.25. The van der Waals surface area contributed by atoms with Crippen LogP contribution in [0.2, 0.25) is 10.0 Å². The van der Waals surface area contributed by atoms with E-state index >= 15 is 0 Å². The van der Waals surface area contributed by atoms with Crippen LogP contribution in [0.4, 0.5) is 26.3 Å². The van der Waals surface area contributed by atoms with Crippen LogP contribution in [0.5, 0.6) is 0 Å². The second-order valence-electron chi connectivity index (χ2n) is 12.3. The van der Waals surface area contributed by atoms with Gasteiger partial charge in [-0.3, -0.25) is 0 Å². The first-order chi connectivity index (χ1) is 19.5. The molecule has 0 aromatic carbocycles. The average molecular weight is 756 g/mol. The molecule has 44 heavy (non-hydrogen) atoms. The maximum Gasteiger partial charge on any atom is 0.414 e. The highest BCUT2D eigenvalue weighted by Crippen LogP contribution is 2.41. The maximum atomic E-state index is 12.7. The van der Waals surface area contributed by atoms with Gasteiger partial charge in [-0.05, 0) is 78.3 Å². The van der Waals surface area contributed by atoms with E-state index in [0.29, 0.717) is 9.75 Å². The van der Waals surface area contributed by atoms with E-state index < -0.39 is 79.9 Å². The van der Waals surface area contributed by atoms with Gasteiger partial charge in [0.1, 0.15) is 0 Å². The molecular formula is C26H38Cl2F6N2O4S4. The lowest BCUT2D eigenvalue weighted by Crippen LogP contribution is -2.49. The van der Waals surface area contributed by atoms with Gasteiger partial charge in [-0.2, -0.15) is 26.3 Å². The standard InChI is InChI=1S/2C13H19ClF3NO2S2/c2*1-11(2,3)22(20)18-12(4,7-9(19)13(15,16)17)10-8(14)5-6-21-10/h2*5-6,9,18-19H,7H2,1-4H3/t9-,12+,22-;9-,12-,22+/m10/s1. The zero-order valence-electron chi connectivity index (χ0n) is 25.2. The molecule has 0 radical (unpaired) electrons. The minimum absolute atomic E-state index is 0.278. The molecule has 18 heteroatoms. The molecule has 0 spiro atoms. The van der Waals surface area contributed by atoms with Crippen molar-refractivity contribution >= 4 is 67.8 Å². The summed E-state index contributed by atoms with van der Waals surface area (Å²) in [6.45, 7) is 13.1. The molecule has 2 heterocycles. The van der Waals surface area contributed by atoms with Crippen molar-refractivity contribution in [2.75, 3.05) is 0 Å². The minimum atomic E-state index is -4.75. The Morgan fingerprint density at radius 1 is 0.682 bits per heavy atom. The van der Waals surface area contributed by atoms with Gasteiger partial charge in [0.05, 0.1) is 52.6 Å². The summed E-state index contributed by atoms with van der Waals surface area (Å²) in [5, 5.41) is 22.7. The molecule has 6 nitrogen and oxygen atoms in total. The highest BCUT2D eigenvalue weighted by Gasteiger charge is 2.47. The summed E-state index contributed by atoms with van der Waals surface area (Å²) in [4.78, 5) is 0.824. The number of hydrogen-bond donors (Lipinski definition) is 4. The second-order valence-corrected chi connectivity index (χ2v) is 18.9. The molecule has 0 unspecified atom stereocenters. The van der Waals surface area contributed by atoms with E-state index in [4.69, 9.17) is 23.2 Å². The Hall–Kier alpha value is -0.300. The first-order valence-electron chi connectivity index (χ1n) is 12.9. The number of alkyl halides is 6. The van der Waals surface area contributed by atoms with E-state index in [1.807, 2.05) is 0 Å². The monoisotopic (exact) mass is 754 g/mol. The lowest BCUT2D eigenvalue weighted by atomic mass is 9.93. The molecule has 0 saturated heterocycles. The molecule has 256 valence electrons. The van der Waals surface area contributed by atoms with Crippen LogP contribution in [-0.2, 0) is 33.0 Å². The fourth-order valence-electron chi connectivity index (χ4n) is 3.46. The Bertz CT molecular complexity index is 1180. The molecular weight excluding hydrogens is 717 g/mol. The molecule has 4 N–H and O–H groups in total. The normalized spacial score (nSPS) is 18.8. The Kier molecular flexibility index (Phi) is 14.5. The van der Waals surface area contributed by atoms with Gasteiger partial charge in [0.15, 0.2) is 12.2 Å². The van der Waals surface area contributed by atoms with Crippen molar-refractivity contribution in [3.05, 3.63) is 42.7 Å². The van der Waals surface area contributed by atoms with E-state index in [2.05, 4.69) is 9.44 Å². The third-order valence-corrected chi connectivity index (χ3v) is 12.7. The van der Waals surface area contributed by atoms with Crippen molar-refractivity contribution in [2.45, 2.75) is 113 Å². The van der Waals surface area contributed by atoms with Crippen LogP contribution in [0.3, 0.4) is 0 Å². The molecule has 0 aliphatic carbocycles. The maximum absolute atomic E-state index is 12.7. The lowest BCUT2D eigenvalue weighted by molar-refractivity contribution is -0.209. The summed E-state index contributed by atoms with van der Waals surface area (Å²) in [5.41, 5.74) is -2.73. The number of nitrogens with one attached hydrogen (secondary N) is 2. The van der Waals surface area contributed by atoms with Gasteiger partial charge >= 0.3 is 12.4 Å². The summed E-state index contributed by atoms with van der Waals surface area (Å²) in [6.07, 6.45) is -16.0. The number of rotatable bonds is 10.